The van der Waals surface area contributed by atoms with E-state index in [2.05, 4.69) is 21.2 Å². The number of rotatable bonds is 2. The van der Waals surface area contributed by atoms with Crippen molar-refractivity contribution in [1.82, 2.24) is 5.32 Å². The number of esters is 1. The molecule has 2 heterocycles. The molecule has 1 atom stereocenters. The maximum atomic E-state index is 11.9. The second-order valence-electron chi connectivity index (χ2n) is 3.53. The number of carbonyl (C=O) groups is 1. The minimum Gasteiger partial charge on any atom is -0.467 e. The van der Waals surface area contributed by atoms with Gasteiger partial charge in [-0.3, -0.25) is 5.32 Å². The van der Waals surface area contributed by atoms with Gasteiger partial charge >= 0.3 is 5.97 Å². The maximum Gasteiger partial charge on any atom is 0.331 e. The van der Waals surface area contributed by atoms with E-state index in [0.29, 0.717) is 0 Å². The zero-order valence-electron chi connectivity index (χ0n) is 8.38. The molecule has 3 nitrogen and oxygen atoms in total. The van der Waals surface area contributed by atoms with Gasteiger partial charge in [-0.15, -0.1) is 11.3 Å². The van der Waals surface area contributed by atoms with Crippen molar-refractivity contribution in [3.05, 3.63) is 20.8 Å². The summed E-state index contributed by atoms with van der Waals surface area (Å²) in [6.07, 6.45) is 1.82. The SMILES string of the molecule is COC(=O)C1(c2ccc(Br)s2)CCCN1. The van der Waals surface area contributed by atoms with Crippen LogP contribution in [0.15, 0.2) is 15.9 Å². The molecule has 1 fully saturated rings. The van der Waals surface area contributed by atoms with E-state index in [1.807, 2.05) is 12.1 Å². The third-order valence-electron chi connectivity index (χ3n) is 2.68. The summed E-state index contributed by atoms with van der Waals surface area (Å²) in [4.78, 5) is 12.9. The van der Waals surface area contributed by atoms with E-state index in [9.17, 15) is 4.79 Å². The number of halogens is 1. The zero-order chi connectivity index (χ0) is 10.9. The Morgan fingerprint density at radius 3 is 2.93 bits per heavy atom. The van der Waals surface area contributed by atoms with Crippen LogP contribution in [0.2, 0.25) is 0 Å². The summed E-state index contributed by atoms with van der Waals surface area (Å²) in [5.41, 5.74) is -0.606. The molecule has 1 aliphatic heterocycles. The van der Waals surface area contributed by atoms with Crippen molar-refractivity contribution in [3.8, 4) is 0 Å². The fourth-order valence-electron chi connectivity index (χ4n) is 1.95. The van der Waals surface area contributed by atoms with Crippen LogP contribution < -0.4 is 5.32 Å². The Morgan fingerprint density at radius 1 is 1.67 bits per heavy atom. The van der Waals surface area contributed by atoms with Gasteiger partial charge in [-0.05, 0) is 47.4 Å². The van der Waals surface area contributed by atoms with Crippen molar-refractivity contribution in [1.29, 1.82) is 0 Å². The molecule has 82 valence electrons. The van der Waals surface area contributed by atoms with Gasteiger partial charge in [0.25, 0.3) is 0 Å². The maximum absolute atomic E-state index is 11.9. The molecule has 0 spiro atoms. The van der Waals surface area contributed by atoms with Crippen LogP contribution >= 0.6 is 27.3 Å². The van der Waals surface area contributed by atoms with E-state index in [0.717, 1.165) is 28.0 Å². The average molecular weight is 290 g/mol. The van der Waals surface area contributed by atoms with Gasteiger partial charge < -0.3 is 4.74 Å². The molecule has 15 heavy (non-hydrogen) atoms. The minimum atomic E-state index is -0.606. The highest BCUT2D eigenvalue weighted by Gasteiger charge is 2.44. The van der Waals surface area contributed by atoms with Crippen molar-refractivity contribution < 1.29 is 9.53 Å². The van der Waals surface area contributed by atoms with Crippen LogP contribution in [0.5, 0.6) is 0 Å². The lowest BCUT2D eigenvalue weighted by atomic mass is 9.96. The molecule has 1 saturated heterocycles. The Kier molecular flexibility index (Phi) is 3.13. The van der Waals surface area contributed by atoms with Crippen LogP contribution in [0.4, 0.5) is 0 Å². The summed E-state index contributed by atoms with van der Waals surface area (Å²) >= 11 is 4.99. The number of thiophene rings is 1. The van der Waals surface area contributed by atoms with Gasteiger partial charge in [-0.25, -0.2) is 4.79 Å². The molecule has 0 bridgehead atoms. The lowest BCUT2D eigenvalue weighted by Crippen LogP contribution is -2.44. The number of carbonyl (C=O) groups excluding carboxylic acids is 1. The minimum absolute atomic E-state index is 0.186. The third-order valence-corrected chi connectivity index (χ3v) is 4.47. The van der Waals surface area contributed by atoms with Gasteiger partial charge in [0.1, 0.15) is 0 Å². The van der Waals surface area contributed by atoms with E-state index in [4.69, 9.17) is 4.74 Å². The summed E-state index contributed by atoms with van der Waals surface area (Å²) in [6.45, 7) is 0.866. The number of nitrogens with one attached hydrogen (secondary N) is 1. The molecule has 0 aliphatic carbocycles. The molecule has 1 aliphatic rings. The predicted molar refractivity (Wildman–Crippen MR) is 62.9 cm³/mol. The summed E-state index contributed by atoms with van der Waals surface area (Å²) in [7, 11) is 1.44. The second kappa shape index (κ2) is 4.23. The van der Waals surface area contributed by atoms with Gasteiger partial charge in [0.15, 0.2) is 5.54 Å². The highest BCUT2D eigenvalue weighted by atomic mass is 79.9. The quantitative estimate of drug-likeness (QED) is 0.849. The lowest BCUT2D eigenvalue weighted by molar-refractivity contribution is -0.148. The predicted octanol–water partition coefficient (Wildman–Crippen LogP) is 2.26. The number of methoxy groups -OCH3 is 1. The summed E-state index contributed by atoms with van der Waals surface area (Å²) in [5.74, 6) is -0.186. The van der Waals surface area contributed by atoms with E-state index in [1.165, 1.54) is 7.11 Å². The molecule has 2 rings (SSSR count). The average Bonchev–Trinajstić information content (AvgIpc) is 2.85. The molecule has 5 heteroatoms. The van der Waals surface area contributed by atoms with Crippen molar-refractivity contribution >= 4 is 33.2 Å². The van der Waals surface area contributed by atoms with Crippen molar-refractivity contribution in [2.75, 3.05) is 13.7 Å². The van der Waals surface area contributed by atoms with Crippen LogP contribution in [0.25, 0.3) is 0 Å². The lowest BCUT2D eigenvalue weighted by Gasteiger charge is -2.24. The first-order valence-corrected chi connectivity index (χ1v) is 6.39. The van der Waals surface area contributed by atoms with Crippen molar-refractivity contribution in [2.45, 2.75) is 18.4 Å². The van der Waals surface area contributed by atoms with Gasteiger partial charge in [0.05, 0.1) is 10.9 Å². The Hall–Kier alpha value is -0.390. The van der Waals surface area contributed by atoms with Gasteiger partial charge in [0, 0.05) is 4.88 Å². The number of hydrogen-bond acceptors (Lipinski definition) is 4. The molecule has 0 radical (unpaired) electrons. The number of hydrogen-bond donors (Lipinski definition) is 1. The zero-order valence-corrected chi connectivity index (χ0v) is 10.8. The van der Waals surface area contributed by atoms with Crippen LogP contribution in [0.1, 0.15) is 17.7 Å². The first-order valence-electron chi connectivity index (χ1n) is 4.78. The van der Waals surface area contributed by atoms with Gasteiger partial charge in [-0.2, -0.15) is 0 Å². The van der Waals surface area contributed by atoms with E-state index >= 15 is 0 Å². The molecule has 1 aromatic rings. The molecule has 1 unspecified atom stereocenters. The topological polar surface area (TPSA) is 38.3 Å². The third kappa shape index (κ3) is 1.84. The Morgan fingerprint density at radius 2 is 2.47 bits per heavy atom. The van der Waals surface area contributed by atoms with Gasteiger partial charge in [0.2, 0.25) is 0 Å². The molecular weight excluding hydrogens is 278 g/mol. The molecular formula is C10H12BrNO2S. The van der Waals surface area contributed by atoms with E-state index in [-0.39, 0.29) is 5.97 Å². The fourth-order valence-corrected chi connectivity index (χ4v) is 3.52. The highest BCUT2D eigenvalue weighted by molar-refractivity contribution is 9.11. The largest absolute Gasteiger partial charge is 0.467 e. The molecule has 1 aromatic heterocycles. The molecule has 0 amide bonds. The summed E-state index contributed by atoms with van der Waals surface area (Å²) in [5, 5.41) is 3.27. The fraction of sp³-hybridized carbons (Fsp3) is 0.500. The first kappa shape index (κ1) is 11.1. The summed E-state index contributed by atoms with van der Waals surface area (Å²) in [6, 6.07) is 3.94. The number of ether oxygens (including phenoxy) is 1. The Labute approximate surface area is 101 Å². The standard InChI is InChI=1S/C10H12BrNO2S/c1-14-9(13)10(5-2-6-12-10)7-3-4-8(11)15-7/h3-4,12H,2,5-6H2,1H3. The molecule has 1 N–H and O–H groups in total. The Balaban J connectivity index is 2.38. The smallest absolute Gasteiger partial charge is 0.331 e. The second-order valence-corrected chi connectivity index (χ2v) is 5.99. The van der Waals surface area contributed by atoms with Crippen LogP contribution in [0.3, 0.4) is 0 Å². The monoisotopic (exact) mass is 289 g/mol. The van der Waals surface area contributed by atoms with Crippen molar-refractivity contribution in [3.63, 3.8) is 0 Å². The van der Waals surface area contributed by atoms with Gasteiger partial charge in [-0.1, -0.05) is 0 Å². The van der Waals surface area contributed by atoms with Crippen molar-refractivity contribution in [2.24, 2.45) is 0 Å². The Bertz CT molecular complexity index is 371. The van der Waals surface area contributed by atoms with Crippen LogP contribution in [-0.4, -0.2) is 19.6 Å². The van der Waals surface area contributed by atoms with E-state index < -0.39 is 5.54 Å². The van der Waals surface area contributed by atoms with Crippen LogP contribution in [-0.2, 0) is 15.1 Å². The van der Waals surface area contributed by atoms with Crippen LogP contribution in [0, 0.1) is 0 Å². The highest BCUT2D eigenvalue weighted by Crippen LogP contribution is 2.37. The summed E-state index contributed by atoms with van der Waals surface area (Å²) < 4.78 is 5.93. The molecule has 0 aromatic carbocycles. The van der Waals surface area contributed by atoms with E-state index in [1.54, 1.807) is 11.3 Å². The first-order chi connectivity index (χ1) is 7.19. The molecule has 0 saturated carbocycles. The normalized spacial score (nSPS) is 25.5.